The van der Waals surface area contributed by atoms with Gasteiger partial charge >= 0.3 is 0 Å². The monoisotopic (exact) mass is 128 g/mol. The lowest BCUT2D eigenvalue weighted by molar-refractivity contribution is 0.101. The quantitative estimate of drug-likeness (QED) is 0.523. The van der Waals surface area contributed by atoms with E-state index in [9.17, 15) is 0 Å². The number of rotatable bonds is 1. The van der Waals surface area contributed by atoms with Gasteiger partial charge in [-0.2, -0.15) is 0 Å². The van der Waals surface area contributed by atoms with Crippen molar-refractivity contribution in [2.45, 2.75) is 19.9 Å². The van der Waals surface area contributed by atoms with Gasteiger partial charge in [0, 0.05) is 11.7 Å². The van der Waals surface area contributed by atoms with Crippen LogP contribution in [-0.4, -0.2) is 22.9 Å². The van der Waals surface area contributed by atoms with Crippen LogP contribution in [0.25, 0.3) is 0 Å². The number of aliphatic hydroxyl groups excluding tert-OH is 1. The average Bonchev–Trinajstić information content (AvgIpc) is 2.10. The lowest BCUT2D eigenvalue weighted by Crippen LogP contribution is -2.35. The fourth-order valence-electron chi connectivity index (χ4n) is 0.989. The van der Waals surface area contributed by atoms with Crippen LogP contribution < -0.4 is 5.43 Å². The van der Waals surface area contributed by atoms with Gasteiger partial charge in [-0.05, 0) is 19.9 Å². The highest BCUT2D eigenvalue weighted by atomic mass is 16.3. The summed E-state index contributed by atoms with van der Waals surface area (Å²) in [6.07, 6.45) is 2.07. The molecule has 0 spiro atoms. The van der Waals surface area contributed by atoms with Gasteiger partial charge in [-0.1, -0.05) is 0 Å². The number of hydrazine groups is 1. The smallest absolute Gasteiger partial charge is 0.129 e. The van der Waals surface area contributed by atoms with E-state index in [4.69, 9.17) is 5.11 Å². The predicted octanol–water partition coefficient (Wildman–Crippen LogP) is 0.0487. The Labute approximate surface area is 54.9 Å². The summed E-state index contributed by atoms with van der Waals surface area (Å²) in [6.45, 7) is 4.05. The van der Waals surface area contributed by atoms with Crippen molar-refractivity contribution in [1.82, 2.24) is 10.4 Å². The Morgan fingerprint density at radius 1 is 1.89 bits per heavy atom. The van der Waals surface area contributed by atoms with Crippen molar-refractivity contribution in [1.29, 1.82) is 0 Å². The first-order chi connectivity index (χ1) is 4.24. The summed E-state index contributed by atoms with van der Waals surface area (Å²) in [7, 11) is 0. The Bertz CT molecular complexity index is 133. The topological polar surface area (TPSA) is 35.5 Å². The minimum atomic E-state index is 0.0483. The number of nitrogens with one attached hydrogen (secondary N) is 1. The van der Waals surface area contributed by atoms with Crippen LogP contribution in [-0.2, 0) is 0 Å². The van der Waals surface area contributed by atoms with Gasteiger partial charge in [0.25, 0.3) is 0 Å². The highest BCUT2D eigenvalue weighted by Gasteiger charge is 2.13. The summed E-state index contributed by atoms with van der Waals surface area (Å²) in [5, 5.41) is 10.4. The average molecular weight is 128 g/mol. The molecule has 0 aromatic carbocycles. The van der Waals surface area contributed by atoms with E-state index in [0.29, 0.717) is 6.04 Å². The molecule has 0 saturated carbocycles. The number of nitrogens with zero attached hydrogens (tertiary/aromatic N) is 1. The van der Waals surface area contributed by atoms with Crippen molar-refractivity contribution in [3.05, 3.63) is 11.8 Å². The zero-order valence-electron chi connectivity index (χ0n) is 5.76. The Morgan fingerprint density at radius 3 is 2.78 bits per heavy atom. The molecule has 1 atom stereocenters. The molecular formula is C6H12N2O. The zero-order valence-corrected chi connectivity index (χ0v) is 5.76. The fourth-order valence-corrected chi connectivity index (χ4v) is 0.989. The molecule has 1 unspecified atom stereocenters. The van der Waals surface area contributed by atoms with E-state index in [2.05, 4.69) is 11.5 Å². The maximum Gasteiger partial charge on any atom is 0.129 e. The third-order valence-electron chi connectivity index (χ3n) is 1.42. The van der Waals surface area contributed by atoms with Crippen molar-refractivity contribution in [2.75, 3.05) is 6.73 Å². The van der Waals surface area contributed by atoms with Crippen LogP contribution in [0.5, 0.6) is 0 Å². The standard InChI is InChI=1S/C6H12N2O/c1-5-3-6(2)8(4-9)7-5/h3,5,7,9H,4H2,1-2H3. The highest BCUT2D eigenvalue weighted by Crippen LogP contribution is 2.08. The van der Waals surface area contributed by atoms with Crippen molar-refractivity contribution < 1.29 is 5.11 Å². The number of allylic oxidation sites excluding steroid dienone is 1. The summed E-state index contributed by atoms with van der Waals surface area (Å²) in [6, 6.07) is 0.358. The summed E-state index contributed by atoms with van der Waals surface area (Å²) in [5.74, 6) is 0. The number of aliphatic hydroxyl groups is 1. The molecule has 3 nitrogen and oxygen atoms in total. The maximum absolute atomic E-state index is 8.68. The second-order valence-electron chi connectivity index (χ2n) is 2.30. The minimum absolute atomic E-state index is 0.0483. The second-order valence-corrected chi connectivity index (χ2v) is 2.30. The van der Waals surface area contributed by atoms with E-state index in [0.717, 1.165) is 5.70 Å². The van der Waals surface area contributed by atoms with Crippen LogP contribution in [0, 0.1) is 0 Å². The van der Waals surface area contributed by atoms with Gasteiger partial charge in [-0.3, -0.25) is 5.01 Å². The van der Waals surface area contributed by atoms with Crippen molar-refractivity contribution in [3.8, 4) is 0 Å². The summed E-state index contributed by atoms with van der Waals surface area (Å²) in [4.78, 5) is 0. The third kappa shape index (κ3) is 1.23. The molecule has 0 amide bonds. The minimum Gasteiger partial charge on any atom is -0.375 e. The van der Waals surface area contributed by atoms with Gasteiger partial charge in [-0.25, -0.2) is 5.43 Å². The van der Waals surface area contributed by atoms with E-state index >= 15 is 0 Å². The molecule has 9 heavy (non-hydrogen) atoms. The molecule has 0 saturated heterocycles. The van der Waals surface area contributed by atoms with Crippen LogP contribution >= 0.6 is 0 Å². The Morgan fingerprint density at radius 2 is 2.56 bits per heavy atom. The van der Waals surface area contributed by atoms with Gasteiger partial charge in [0.1, 0.15) is 6.73 Å². The van der Waals surface area contributed by atoms with E-state index in [1.165, 1.54) is 0 Å². The summed E-state index contributed by atoms with van der Waals surface area (Å²) >= 11 is 0. The Hall–Kier alpha value is -0.540. The van der Waals surface area contributed by atoms with Gasteiger partial charge in [-0.15, -0.1) is 0 Å². The molecule has 0 radical (unpaired) electrons. The lowest BCUT2D eigenvalue weighted by Gasteiger charge is -2.17. The molecule has 1 aliphatic rings. The van der Waals surface area contributed by atoms with E-state index < -0.39 is 0 Å². The lowest BCUT2D eigenvalue weighted by atomic mass is 10.3. The molecule has 1 heterocycles. The van der Waals surface area contributed by atoms with Crippen molar-refractivity contribution >= 4 is 0 Å². The van der Waals surface area contributed by atoms with Crippen LogP contribution in [0.2, 0.25) is 0 Å². The first-order valence-corrected chi connectivity index (χ1v) is 3.07. The first-order valence-electron chi connectivity index (χ1n) is 3.07. The summed E-state index contributed by atoms with van der Waals surface area (Å²) in [5.41, 5.74) is 4.13. The van der Waals surface area contributed by atoms with Crippen molar-refractivity contribution in [2.24, 2.45) is 0 Å². The largest absolute Gasteiger partial charge is 0.375 e. The second kappa shape index (κ2) is 2.37. The van der Waals surface area contributed by atoms with E-state index in [1.807, 2.05) is 13.8 Å². The van der Waals surface area contributed by atoms with Gasteiger partial charge in [0.15, 0.2) is 0 Å². The molecule has 3 heteroatoms. The van der Waals surface area contributed by atoms with E-state index in [-0.39, 0.29) is 6.73 Å². The molecule has 0 aromatic rings. The predicted molar refractivity (Wildman–Crippen MR) is 35.3 cm³/mol. The van der Waals surface area contributed by atoms with Gasteiger partial charge in [0.05, 0.1) is 0 Å². The number of hydrogen-bond acceptors (Lipinski definition) is 3. The molecule has 0 aliphatic carbocycles. The molecule has 1 rings (SSSR count). The van der Waals surface area contributed by atoms with Crippen LogP contribution in [0.3, 0.4) is 0 Å². The van der Waals surface area contributed by atoms with Crippen LogP contribution in [0.15, 0.2) is 11.8 Å². The normalized spacial score (nSPS) is 26.8. The molecule has 1 aliphatic heterocycles. The fraction of sp³-hybridized carbons (Fsp3) is 0.667. The van der Waals surface area contributed by atoms with Gasteiger partial charge in [0.2, 0.25) is 0 Å². The highest BCUT2D eigenvalue weighted by molar-refractivity contribution is 5.06. The SMILES string of the molecule is CC1=CC(C)NN1CO. The van der Waals surface area contributed by atoms with Crippen molar-refractivity contribution in [3.63, 3.8) is 0 Å². The summed E-state index contributed by atoms with van der Waals surface area (Å²) < 4.78 is 0. The van der Waals surface area contributed by atoms with Crippen LogP contribution in [0.1, 0.15) is 13.8 Å². The molecular weight excluding hydrogens is 116 g/mol. The molecule has 0 bridgehead atoms. The first kappa shape index (κ1) is 6.58. The molecule has 0 aromatic heterocycles. The van der Waals surface area contributed by atoms with Gasteiger partial charge < -0.3 is 5.11 Å². The molecule has 52 valence electrons. The van der Waals surface area contributed by atoms with Crippen LogP contribution in [0.4, 0.5) is 0 Å². The third-order valence-corrected chi connectivity index (χ3v) is 1.42. The maximum atomic E-state index is 8.68. The Balaban J connectivity index is 2.53. The Kier molecular flexibility index (Phi) is 1.73. The zero-order chi connectivity index (χ0) is 6.85. The van der Waals surface area contributed by atoms with E-state index in [1.54, 1.807) is 5.01 Å². The molecule has 2 N–H and O–H groups in total. The number of hydrogen-bond donors (Lipinski definition) is 2. The molecule has 0 fully saturated rings.